The second-order valence-electron chi connectivity index (χ2n) is 7.68. The summed E-state index contributed by atoms with van der Waals surface area (Å²) in [4.78, 5) is 29.4. The van der Waals surface area contributed by atoms with E-state index < -0.39 is 11.7 Å². The second-order valence-corrected chi connectivity index (χ2v) is 7.68. The zero-order chi connectivity index (χ0) is 25.8. The van der Waals surface area contributed by atoms with Crippen LogP contribution in [0.5, 0.6) is 5.75 Å². The molecule has 1 fully saturated rings. The van der Waals surface area contributed by atoms with Gasteiger partial charge in [-0.2, -0.15) is 18.3 Å². The highest BCUT2D eigenvalue weighted by Crippen LogP contribution is 2.37. The number of anilines is 1. The van der Waals surface area contributed by atoms with Crippen molar-refractivity contribution in [2.24, 2.45) is 0 Å². The van der Waals surface area contributed by atoms with Gasteiger partial charge in [0.1, 0.15) is 5.75 Å². The van der Waals surface area contributed by atoms with Crippen molar-refractivity contribution < 1.29 is 22.7 Å². The predicted molar refractivity (Wildman–Crippen MR) is 129 cm³/mol. The number of hydrogen-bond donors (Lipinski definition) is 0. The van der Waals surface area contributed by atoms with Crippen LogP contribution >= 0.6 is 0 Å². The van der Waals surface area contributed by atoms with Gasteiger partial charge in [0.05, 0.1) is 23.7 Å². The first-order chi connectivity index (χ1) is 16.7. The molecule has 10 heteroatoms. The minimum absolute atomic E-state index is 0.132. The molecule has 0 N–H and O–H groups in total. The van der Waals surface area contributed by atoms with Crippen LogP contribution < -0.4 is 15.2 Å². The number of ether oxygens (including phenoxy) is 1. The largest absolute Gasteiger partial charge is 0.495 e. The third-order valence-electron chi connectivity index (χ3n) is 5.78. The van der Waals surface area contributed by atoms with Crippen LogP contribution in [0.25, 0.3) is 10.8 Å². The van der Waals surface area contributed by atoms with Gasteiger partial charge < -0.3 is 14.5 Å². The van der Waals surface area contributed by atoms with E-state index in [4.69, 9.17) is 4.74 Å². The summed E-state index contributed by atoms with van der Waals surface area (Å²) in [5.41, 5.74) is -0.266. The number of rotatable bonds is 4. The number of carbonyl (C=O) groups excluding carboxylic acids is 1. The number of alkyl halides is 3. The molecule has 0 atom stereocenters. The molecule has 2 aromatic carbocycles. The number of nitrogens with zero attached hydrogens (tertiary/aromatic N) is 4. The Morgan fingerprint density at radius 1 is 1.03 bits per heavy atom. The monoisotopic (exact) mass is 490 g/mol. The van der Waals surface area contributed by atoms with Gasteiger partial charge in [-0.05, 0) is 31.2 Å². The lowest BCUT2D eigenvalue weighted by Gasteiger charge is -2.36. The van der Waals surface area contributed by atoms with Crippen molar-refractivity contribution >= 4 is 22.4 Å². The van der Waals surface area contributed by atoms with Gasteiger partial charge in [0, 0.05) is 38.1 Å². The van der Waals surface area contributed by atoms with Crippen molar-refractivity contribution in [1.29, 1.82) is 0 Å². The van der Waals surface area contributed by atoms with Crippen LogP contribution in [-0.4, -0.2) is 53.9 Å². The molecule has 1 aliphatic heterocycles. The molecular formula is C25H29F3N4O3. The fourth-order valence-electron chi connectivity index (χ4n) is 4.02. The number of aromatic nitrogens is 2. The Balaban J connectivity index is 0.00000167. The molecule has 35 heavy (non-hydrogen) atoms. The van der Waals surface area contributed by atoms with E-state index in [-0.39, 0.29) is 22.9 Å². The maximum atomic E-state index is 13.3. The lowest BCUT2D eigenvalue weighted by atomic mass is 10.1. The Labute approximate surface area is 201 Å². The Morgan fingerprint density at radius 3 is 2.23 bits per heavy atom. The van der Waals surface area contributed by atoms with Crippen LogP contribution in [0, 0.1) is 0 Å². The van der Waals surface area contributed by atoms with Crippen LogP contribution in [0.1, 0.15) is 36.8 Å². The normalized spacial score (nSPS) is 13.9. The molecule has 188 valence electrons. The van der Waals surface area contributed by atoms with Crippen LogP contribution in [0.2, 0.25) is 0 Å². The first-order valence-corrected chi connectivity index (χ1v) is 11.5. The molecule has 1 aliphatic rings. The van der Waals surface area contributed by atoms with E-state index >= 15 is 0 Å². The summed E-state index contributed by atoms with van der Waals surface area (Å²) in [5, 5.41) is 5.24. The van der Waals surface area contributed by atoms with Crippen molar-refractivity contribution in [3.05, 3.63) is 64.1 Å². The predicted octanol–water partition coefficient (Wildman–Crippen LogP) is 4.43. The Morgan fingerprint density at radius 2 is 1.66 bits per heavy atom. The van der Waals surface area contributed by atoms with Gasteiger partial charge in [-0.25, -0.2) is 4.68 Å². The first kappa shape index (κ1) is 26.1. The molecule has 0 bridgehead atoms. The van der Waals surface area contributed by atoms with Crippen molar-refractivity contribution in [2.45, 2.75) is 33.5 Å². The highest BCUT2D eigenvalue weighted by atomic mass is 19.4. The molecule has 0 unspecified atom stereocenters. The van der Waals surface area contributed by atoms with Crippen LogP contribution in [-0.2, 0) is 12.7 Å². The molecule has 1 saturated heterocycles. The SMILES string of the molecule is CC.CCn1nc(C(=O)N2CCN(c3ccc(C(F)(F)F)cc3OC)CC2)c2ccccc2c1=O. The molecule has 0 aliphatic carbocycles. The summed E-state index contributed by atoms with van der Waals surface area (Å²) in [7, 11) is 1.33. The zero-order valence-electron chi connectivity index (χ0n) is 20.2. The maximum absolute atomic E-state index is 13.3. The Kier molecular flexibility index (Phi) is 8.03. The molecule has 1 aromatic heterocycles. The lowest BCUT2D eigenvalue weighted by Crippen LogP contribution is -2.49. The average Bonchev–Trinajstić information content (AvgIpc) is 2.89. The van der Waals surface area contributed by atoms with Crippen molar-refractivity contribution in [3.8, 4) is 5.75 Å². The number of carbonyl (C=O) groups is 1. The van der Waals surface area contributed by atoms with Crippen LogP contribution in [0.4, 0.5) is 18.9 Å². The Hall–Kier alpha value is -3.56. The van der Waals surface area contributed by atoms with Gasteiger partial charge >= 0.3 is 6.18 Å². The van der Waals surface area contributed by atoms with E-state index in [0.29, 0.717) is 49.2 Å². The van der Waals surface area contributed by atoms with Gasteiger partial charge in [-0.15, -0.1) is 0 Å². The fourth-order valence-corrected chi connectivity index (χ4v) is 4.02. The molecule has 0 spiro atoms. The smallest absolute Gasteiger partial charge is 0.416 e. The van der Waals surface area contributed by atoms with E-state index in [0.717, 1.165) is 12.1 Å². The average molecular weight is 491 g/mol. The summed E-state index contributed by atoms with van der Waals surface area (Å²) >= 11 is 0. The van der Waals surface area contributed by atoms with Gasteiger partial charge in [0.25, 0.3) is 11.5 Å². The van der Waals surface area contributed by atoms with Gasteiger partial charge in [-0.1, -0.05) is 32.0 Å². The molecule has 1 amide bonds. The minimum atomic E-state index is -4.46. The maximum Gasteiger partial charge on any atom is 0.416 e. The molecule has 2 heterocycles. The standard InChI is InChI=1S/C23H23F3N4O3.C2H6/c1-3-30-21(31)17-7-5-4-6-16(17)20(27-30)22(32)29-12-10-28(11-13-29)18-9-8-15(23(24,25)26)14-19(18)33-2;1-2/h4-9,14H,3,10-13H2,1-2H3;1-2H3. The van der Waals surface area contributed by atoms with Crippen LogP contribution in [0.15, 0.2) is 47.3 Å². The van der Waals surface area contributed by atoms with Crippen LogP contribution in [0.3, 0.4) is 0 Å². The lowest BCUT2D eigenvalue weighted by molar-refractivity contribution is -0.137. The number of hydrogen-bond acceptors (Lipinski definition) is 5. The Bertz CT molecular complexity index is 1250. The van der Waals surface area contributed by atoms with Gasteiger partial charge in [0.2, 0.25) is 0 Å². The zero-order valence-corrected chi connectivity index (χ0v) is 20.2. The number of piperazine rings is 1. The summed E-state index contributed by atoms with van der Waals surface area (Å²) < 4.78 is 45.6. The molecule has 7 nitrogen and oxygen atoms in total. The van der Waals surface area contributed by atoms with Crippen molar-refractivity contribution in [1.82, 2.24) is 14.7 Å². The number of methoxy groups -OCH3 is 1. The molecule has 0 saturated carbocycles. The first-order valence-electron chi connectivity index (χ1n) is 11.5. The van der Waals surface area contributed by atoms with Crippen molar-refractivity contribution in [2.75, 3.05) is 38.2 Å². The number of amides is 1. The van der Waals surface area contributed by atoms with Gasteiger partial charge in [0.15, 0.2) is 5.69 Å². The summed E-state index contributed by atoms with van der Waals surface area (Å²) in [6.07, 6.45) is -4.46. The quantitative estimate of drug-likeness (QED) is 0.541. The van der Waals surface area contributed by atoms with E-state index in [1.807, 2.05) is 18.7 Å². The number of halogens is 3. The van der Waals surface area contributed by atoms with E-state index in [1.165, 1.54) is 17.9 Å². The molecular weight excluding hydrogens is 461 g/mol. The highest BCUT2D eigenvalue weighted by Gasteiger charge is 2.32. The molecule has 4 rings (SSSR count). The van der Waals surface area contributed by atoms with E-state index in [1.54, 1.807) is 36.1 Å². The summed E-state index contributed by atoms with van der Waals surface area (Å²) in [5.74, 6) is -0.153. The van der Waals surface area contributed by atoms with E-state index in [9.17, 15) is 22.8 Å². The summed E-state index contributed by atoms with van der Waals surface area (Å²) in [6, 6.07) is 10.3. The highest BCUT2D eigenvalue weighted by molar-refractivity contribution is 6.04. The molecule has 3 aromatic rings. The number of fused-ring (bicyclic) bond motifs is 1. The molecule has 0 radical (unpaired) electrons. The minimum Gasteiger partial charge on any atom is -0.495 e. The fraction of sp³-hybridized carbons (Fsp3) is 0.400. The van der Waals surface area contributed by atoms with Gasteiger partial charge in [-0.3, -0.25) is 9.59 Å². The number of aryl methyl sites for hydroxylation is 1. The second kappa shape index (κ2) is 10.8. The van der Waals surface area contributed by atoms with E-state index in [2.05, 4.69) is 5.10 Å². The topological polar surface area (TPSA) is 67.7 Å². The third-order valence-corrected chi connectivity index (χ3v) is 5.78. The van der Waals surface area contributed by atoms with Crippen molar-refractivity contribution in [3.63, 3.8) is 0 Å². The number of benzene rings is 2. The third kappa shape index (κ3) is 5.26. The summed E-state index contributed by atoms with van der Waals surface area (Å²) in [6.45, 7) is 7.66.